The summed E-state index contributed by atoms with van der Waals surface area (Å²) in [4.78, 5) is 38.7. The first-order valence-electron chi connectivity index (χ1n) is 7.72. The van der Waals surface area contributed by atoms with Crippen LogP contribution in [-0.2, 0) is 19.1 Å². The lowest BCUT2D eigenvalue weighted by atomic mass is 10.2. The average molecular weight is 406 g/mol. The van der Waals surface area contributed by atoms with Crippen LogP contribution in [0.5, 0.6) is 0 Å². The largest absolute Gasteiger partial charge is 0.456 e. The van der Waals surface area contributed by atoms with Crippen molar-refractivity contribution in [3.8, 4) is 0 Å². The number of nitrogens with zero attached hydrogens (tertiary/aromatic N) is 1. The molecule has 0 spiro atoms. The molecule has 0 bridgehead atoms. The van der Waals surface area contributed by atoms with Crippen molar-refractivity contribution in [3.63, 3.8) is 0 Å². The van der Waals surface area contributed by atoms with E-state index < -0.39 is 30.2 Å². The summed E-state index contributed by atoms with van der Waals surface area (Å²) in [6.45, 7) is 6.37. The normalized spacial score (nSPS) is 10.8. The van der Waals surface area contributed by atoms with Gasteiger partial charge in [-0.3, -0.25) is 9.59 Å². The molecular weight excluding hydrogens is 385 g/mol. The van der Waals surface area contributed by atoms with E-state index in [1.54, 1.807) is 27.7 Å². The van der Waals surface area contributed by atoms with Gasteiger partial charge in [-0.25, -0.2) is 9.78 Å². The van der Waals surface area contributed by atoms with Crippen LogP contribution in [0.3, 0.4) is 0 Å². The highest BCUT2D eigenvalue weighted by molar-refractivity contribution is 6.37. The van der Waals surface area contributed by atoms with Crippen LogP contribution in [0.25, 0.3) is 0 Å². The molecular formula is C16H21Cl2N3O5. The van der Waals surface area contributed by atoms with Gasteiger partial charge >= 0.3 is 12.1 Å². The molecule has 0 fully saturated rings. The minimum absolute atomic E-state index is 0.0269. The van der Waals surface area contributed by atoms with Crippen molar-refractivity contribution < 1.29 is 23.9 Å². The van der Waals surface area contributed by atoms with Gasteiger partial charge in [-0.1, -0.05) is 23.2 Å². The fraction of sp³-hybridized carbons (Fsp3) is 0.500. The predicted octanol–water partition coefficient (Wildman–Crippen LogP) is 3.09. The number of aromatic nitrogens is 1. The van der Waals surface area contributed by atoms with E-state index >= 15 is 0 Å². The summed E-state index contributed by atoms with van der Waals surface area (Å²) < 4.78 is 9.83. The van der Waals surface area contributed by atoms with Gasteiger partial charge in [0.1, 0.15) is 5.60 Å². The third-order valence-electron chi connectivity index (χ3n) is 2.82. The standard InChI is InChI=1S/C16H21Cl2N3O5/c1-9-10(17)7-20-14(13(9)18)21-11(22)8-25-12(23)5-6-19-15(24)26-16(2,3)4/h7H,5-6,8H2,1-4H3,(H,19,24)(H,20,21,22). The van der Waals surface area contributed by atoms with Gasteiger partial charge in [0.05, 0.1) is 16.5 Å². The molecule has 0 atom stereocenters. The topological polar surface area (TPSA) is 107 Å². The zero-order valence-electron chi connectivity index (χ0n) is 14.9. The first-order chi connectivity index (χ1) is 12.0. The van der Waals surface area contributed by atoms with Gasteiger partial charge in [-0.2, -0.15) is 0 Å². The molecule has 1 aromatic heterocycles. The predicted molar refractivity (Wildman–Crippen MR) is 97.4 cm³/mol. The maximum absolute atomic E-state index is 11.8. The van der Waals surface area contributed by atoms with E-state index in [1.165, 1.54) is 6.20 Å². The second-order valence-electron chi connectivity index (χ2n) is 6.28. The number of halogens is 2. The fourth-order valence-electron chi connectivity index (χ4n) is 1.61. The SMILES string of the molecule is Cc1c(Cl)cnc(NC(=O)COC(=O)CCNC(=O)OC(C)(C)C)c1Cl. The smallest absolute Gasteiger partial charge is 0.407 e. The van der Waals surface area contributed by atoms with Gasteiger partial charge in [-0.05, 0) is 33.3 Å². The molecule has 26 heavy (non-hydrogen) atoms. The van der Waals surface area contributed by atoms with Crippen molar-refractivity contribution in [3.05, 3.63) is 21.8 Å². The summed E-state index contributed by atoms with van der Waals surface area (Å²) in [6, 6.07) is 0. The Balaban J connectivity index is 2.33. The lowest BCUT2D eigenvalue weighted by molar-refractivity contribution is -0.147. The van der Waals surface area contributed by atoms with Gasteiger partial charge < -0.3 is 20.1 Å². The number of alkyl carbamates (subject to hydrolysis) is 1. The highest BCUT2D eigenvalue weighted by Crippen LogP contribution is 2.28. The van der Waals surface area contributed by atoms with E-state index in [0.717, 1.165) is 0 Å². The van der Waals surface area contributed by atoms with Gasteiger partial charge in [0, 0.05) is 12.7 Å². The van der Waals surface area contributed by atoms with Gasteiger partial charge in [0.2, 0.25) is 0 Å². The Morgan fingerprint density at radius 2 is 1.88 bits per heavy atom. The zero-order valence-corrected chi connectivity index (χ0v) is 16.5. The van der Waals surface area contributed by atoms with Crippen molar-refractivity contribution in [1.29, 1.82) is 0 Å². The van der Waals surface area contributed by atoms with Crippen molar-refractivity contribution >= 4 is 47.0 Å². The number of pyridine rings is 1. The molecule has 0 saturated carbocycles. The summed E-state index contributed by atoms with van der Waals surface area (Å²) >= 11 is 11.9. The second kappa shape index (κ2) is 9.59. The number of anilines is 1. The Hall–Kier alpha value is -2.06. The number of esters is 1. The first kappa shape index (κ1) is 22.0. The van der Waals surface area contributed by atoms with E-state index in [0.29, 0.717) is 10.6 Å². The third-order valence-corrected chi connectivity index (χ3v) is 3.67. The number of amides is 2. The highest BCUT2D eigenvalue weighted by Gasteiger charge is 2.16. The van der Waals surface area contributed by atoms with Gasteiger partial charge in [0.25, 0.3) is 5.91 Å². The van der Waals surface area contributed by atoms with Gasteiger partial charge in [-0.15, -0.1) is 0 Å². The highest BCUT2D eigenvalue weighted by atomic mass is 35.5. The van der Waals surface area contributed by atoms with E-state index in [4.69, 9.17) is 32.7 Å². The monoisotopic (exact) mass is 405 g/mol. The Morgan fingerprint density at radius 1 is 1.23 bits per heavy atom. The molecule has 8 nitrogen and oxygen atoms in total. The quantitative estimate of drug-likeness (QED) is 0.704. The Bertz CT molecular complexity index is 689. The van der Waals surface area contributed by atoms with E-state index in [-0.39, 0.29) is 23.8 Å². The lowest BCUT2D eigenvalue weighted by Gasteiger charge is -2.19. The van der Waals surface area contributed by atoms with E-state index in [9.17, 15) is 14.4 Å². The minimum Gasteiger partial charge on any atom is -0.456 e. The van der Waals surface area contributed by atoms with Crippen molar-refractivity contribution in [2.45, 2.75) is 39.7 Å². The van der Waals surface area contributed by atoms with Crippen LogP contribution < -0.4 is 10.6 Å². The van der Waals surface area contributed by atoms with Crippen molar-refractivity contribution in [2.24, 2.45) is 0 Å². The third kappa shape index (κ3) is 7.88. The van der Waals surface area contributed by atoms with Crippen LogP contribution in [0, 0.1) is 6.92 Å². The van der Waals surface area contributed by atoms with Crippen LogP contribution in [-0.4, -0.2) is 41.7 Å². The number of ether oxygens (including phenoxy) is 2. The molecule has 0 aromatic carbocycles. The van der Waals surface area contributed by atoms with E-state index in [2.05, 4.69) is 15.6 Å². The Labute approximate surface area is 161 Å². The minimum atomic E-state index is -0.650. The van der Waals surface area contributed by atoms with Crippen LogP contribution in [0.2, 0.25) is 10.0 Å². The molecule has 1 heterocycles. The van der Waals surface area contributed by atoms with Crippen molar-refractivity contribution in [2.75, 3.05) is 18.5 Å². The summed E-state index contributed by atoms with van der Waals surface area (Å²) in [6.07, 6.45) is 0.611. The number of carbonyl (C=O) groups is 3. The molecule has 0 saturated heterocycles. The molecule has 1 rings (SSSR count). The summed E-state index contributed by atoms with van der Waals surface area (Å²) in [5.74, 6) is -1.13. The molecule has 0 radical (unpaired) electrons. The summed E-state index contributed by atoms with van der Waals surface area (Å²) in [7, 11) is 0. The molecule has 2 N–H and O–H groups in total. The summed E-state index contributed by atoms with van der Waals surface area (Å²) in [5, 5.41) is 5.42. The lowest BCUT2D eigenvalue weighted by Crippen LogP contribution is -2.34. The molecule has 0 unspecified atom stereocenters. The molecule has 0 aliphatic carbocycles. The Kier molecular flexibility index (Phi) is 8.10. The fourth-order valence-corrected chi connectivity index (χ4v) is 2.00. The number of nitrogens with one attached hydrogen (secondary N) is 2. The summed E-state index contributed by atoms with van der Waals surface area (Å²) in [5.41, 5.74) is -0.0540. The second-order valence-corrected chi connectivity index (χ2v) is 7.07. The maximum atomic E-state index is 11.8. The average Bonchev–Trinajstić information content (AvgIpc) is 2.52. The van der Waals surface area contributed by atoms with Gasteiger partial charge in [0.15, 0.2) is 12.4 Å². The number of rotatable bonds is 6. The Morgan fingerprint density at radius 3 is 2.50 bits per heavy atom. The molecule has 2 amide bonds. The van der Waals surface area contributed by atoms with Crippen LogP contribution in [0.4, 0.5) is 10.6 Å². The van der Waals surface area contributed by atoms with E-state index in [1.807, 2.05) is 0 Å². The maximum Gasteiger partial charge on any atom is 0.407 e. The molecule has 144 valence electrons. The van der Waals surface area contributed by atoms with Crippen LogP contribution in [0.1, 0.15) is 32.8 Å². The van der Waals surface area contributed by atoms with Crippen LogP contribution >= 0.6 is 23.2 Å². The first-order valence-corrected chi connectivity index (χ1v) is 8.48. The molecule has 10 heteroatoms. The van der Waals surface area contributed by atoms with Crippen LogP contribution in [0.15, 0.2) is 6.20 Å². The molecule has 0 aliphatic heterocycles. The number of hydrogen-bond donors (Lipinski definition) is 2. The van der Waals surface area contributed by atoms with Crippen molar-refractivity contribution in [1.82, 2.24) is 10.3 Å². The zero-order chi connectivity index (χ0) is 19.9. The molecule has 0 aliphatic rings. The molecule has 1 aromatic rings. The number of hydrogen-bond acceptors (Lipinski definition) is 6. The number of carbonyl (C=O) groups excluding carboxylic acids is 3.